The molecule has 2 amide bonds. The summed E-state index contributed by atoms with van der Waals surface area (Å²) in [6, 6.07) is 3.27. The number of rotatable bonds is 9. The number of hydrogen-bond donors (Lipinski definition) is 1. The second-order valence-corrected chi connectivity index (χ2v) is 7.73. The maximum absolute atomic E-state index is 13.4. The van der Waals surface area contributed by atoms with Gasteiger partial charge in [-0.25, -0.2) is 0 Å². The molecule has 1 aliphatic carbocycles. The molecule has 2 aromatic rings. The fourth-order valence-corrected chi connectivity index (χ4v) is 4.61. The fourth-order valence-electron chi connectivity index (χ4n) is 3.33. The summed E-state index contributed by atoms with van der Waals surface area (Å²) in [6.07, 6.45) is 5.39. The molecule has 0 aliphatic heterocycles. The van der Waals surface area contributed by atoms with Gasteiger partial charge in [0.1, 0.15) is 5.00 Å². The van der Waals surface area contributed by atoms with E-state index >= 15 is 0 Å². The molecule has 0 atom stereocenters. The first-order valence-electron chi connectivity index (χ1n) is 9.42. The zero-order valence-electron chi connectivity index (χ0n) is 16.3. The van der Waals surface area contributed by atoms with Gasteiger partial charge in [0.2, 0.25) is 0 Å². The van der Waals surface area contributed by atoms with Crippen LogP contribution >= 0.6 is 11.3 Å². The number of amides is 2. The van der Waals surface area contributed by atoms with Gasteiger partial charge in [-0.1, -0.05) is 0 Å². The Hall–Kier alpha value is -2.16. The van der Waals surface area contributed by atoms with Crippen LogP contribution in [-0.4, -0.2) is 57.2 Å². The zero-order chi connectivity index (χ0) is 19.9. The Kier molecular flexibility index (Phi) is 7.24. The minimum absolute atomic E-state index is 0.0942. The highest BCUT2D eigenvalue weighted by Gasteiger charge is 2.29. The first-order chi connectivity index (χ1) is 13.7. The van der Waals surface area contributed by atoms with Gasteiger partial charge in [0, 0.05) is 32.2 Å². The van der Waals surface area contributed by atoms with Crippen LogP contribution in [0.3, 0.4) is 0 Å². The van der Waals surface area contributed by atoms with Gasteiger partial charge in [-0.05, 0) is 43.4 Å². The number of nitrogens with one attached hydrogen (secondary N) is 1. The number of ether oxygens (including phenoxy) is 2. The molecule has 0 saturated heterocycles. The molecule has 3 rings (SSSR count). The molecule has 2 aromatic heterocycles. The molecule has 7 nitrogen and oxygen atoms in total. The number of carbonyl (C=O) groups is 2. The van der Waals surface area contributed by atoms with E-state index in [0.717, 1.165) is 31.2 Å². The number of furan rings is 1. The Morgan fingerprint density at radius 1 is 1.18 bits per heavy atom. The summed E-state index contributed by atoms with van der Waals surface area (Å²) in [7, 11) is 3.22. The highest BCUT2D eigenvalue weighted by Crippen LogP contribution is 2.39. The van der Waals surface area contributed by atoms with Crippen LogP contribution in [0.2, 0.25) is 0 Å². The number of methoxy groups -OCH3 is 2. The molecule has 0 fully saturated rings. The zero-order valence-corrected chi connectivity index (χ0v) is 17.1. The lowest BCUT2D eigenvalue weighted by molar-refractivity contribution is 0.0627. The van der Waals surface area contributed by atoms with Crippen LogP contribution in [0.5, 0.6) is 0 Å². The van der Waals surface area contributed by atoms with Gasteiger partial charge in [-0.15, -0.1) is 11.3 Å². The van der Waals surface area contributed by atoms with Crippen molar-refractivity contribution in [3.05, 3.63) is 40.2 Å². The highest BCUT2D eigenvalue weighted by molar-refractivity contribution is 7.17. The Morgan fingerprint density at radius 2 is 1.89 bits per heavy atom. The number of aryl methyl sites for hydroxylation is 1. The van der Waals surface area contributed by atoms with Crippen molar-refractivity contribution in [1.82, 2.24) is 4.90 Å². The lowest BCUT2D eigenvalue weighted by Crippen LogP contribution is -2.37. The number of carbonyl (C=O) groups excluding carboxylic acids is 2. The Labute approximate surface area is 168 Å². The van der Waals surface area contributed by atoms with E-state index in [2.05, 4.69) is 5.32 Å². The van der Waals surface area contributed by atoms with Crippen molar-refractivity contribution in [3.63, 3.8) is 0 Å². The first kappa shape index (κ1) is 20.6. The van der Waals surface area contributed by atoms with E-state index in [0.29, 0.717) is 36.9 Å². The summed E-state index contributed by atoms with van der Waals surface area (Å²) in [4.78, 5) is 28.9. The van der Waals surface area contributed by atoms with E-state index in [4.69, 9.17) is 13.9 Å². The smallest absolute Gasteiger partial charge is 0.291 e. The molecule has 0 saturated carbocycles. The summed E-state index contributed by atoms with van der Waals surface area (Å²) in [5, 5.41) is 3.49. The van der Waals surface area contributed by atoms with Gasteiger partial charge < -0.3 is 24.1 Å². The molecule has 1 aliphatic rings. The second-order valence-electron chi connectivity index (χ2n) is 6.62. The van der Waals surface area contributed by atoms with Gasteiger partial charge in [0.05, 0.1) is 25.0 Å². The minimum Gasteiger partial charge on any atom is -0.459 e. The van der Waals surface area contributed by atoms with E-state index in [1.807, 2.05) is 0 Å². The molecule has 0 spiro atoms. The van der Waals surface area contributed by atoms with Gasteiger partial charge in [-0.2, -0.15) is 0 Å². The van der Waals surface area contributed by atoms with Crippen LogP contribution in [0.4, 0.5) is 5.00 Å². The van der Waals surface area contributed by atoms with E-state index in [9.17, 15) is 9.59 Å². The quantitative estimate of drug-likeness (QED) is 0.692. The molecule has 0 radical (unpaired) electrons. The summed E-state index contributed by atoms with van der Waals surface area (Å²) in [6.45, 7) is 1.81. The molecule has 0 aromatic carbocycles. The lowest BCUT2D eigenvalue weighted by atomic mass is 9.95. The monoisotopic (exact) mass is 406 g/mol. The maximum atomic E-state index is 13.4. The topological polar surface area (TPSA) is 81.0 Å². The van der Waals surface area contributed by atoms with Crippen molar-refractivity contribution in [2.45, 2.75) is 25.7 Å². The number of fused-ring (bicyclic) bond motifs is 1. The van der Waals surface area contributed by atoms with Crippen LogP contribution in [-0.2, 0) is 22.3 Å². The summed E-state index contributed by atoms with van der Waals surface area (Å²) < 4.78 is 15.5. The van der Waals surface area contributed by atoms with Gasteiger partial charge >= 0.3 is 0 Å². The van der Waals surface area contributed by atoms with Crippen molar-refractivity contribution in [2.75, 3.05) is 45.8 Å². The highest BCUT2D eigenvalue weighted by atomic mass is 32.1. The van der Waals surface area contributed by atoms with Crippen molar-refractivity contribution >= 4 is 28.2 Å². The van der Waals surface area contributed by atoms with Gasteiger partial charge in [-0.3, -0.25) is 9.59 Å². The summed E-state index contributed by atoms with van der Waals surface area (Å²) in [5.41, 5.74) is 1.67. The Balaban J connectivity index is 1.91. The first-order valence-corrected chi connectivity index (χ1v) is 10.2. The molecule has 28 heavy (non-hydrogen) atoms. The Bertz CT molecular complexity index is 792. The SMILES string of the molecule is COCCN(CCOC)C(=O)c1c(NC(=O)c2ccco2)sc2c1CCCC2. The van der Waals surface area contributed by atoms with Crippen LogP contribution in [0.25, 0.3) is 0 Å². The molecular formula is C20H26N2O5S. The standard InChI is InChI=1S/C20H26N2O5S/c1-25-12-9-22(10-13-26-2)20(24)17-14-6-3-4-8-16(14)28-19(17)21-18(23)15-7-5-11-27-15/h5,7,11H,3-4,6,8-10,12-13H2,1-2H3,(H,21,23). The van der Waals surface area contributed by atoms with Gasteiger partial charge in [0.15, 0.2) is 5.76 Å². The molecular weight excluding hydrogens is 380 g/mol. The van der Waals surface area contributed by atoms with E-state index in [-0.39, 0.29) is 17.6 Å². The third kappa shape index (κ3) is 4.63. The van der Waals surface area contributed by atoms with Crippen LogP contribution in [0.1, 0.15) is 44.2 Å². The molecule has 8 heteroatoms. The minimum atomic E-state index is -0.349. The predicted octanol–water partition coefficient (Wildman–Crippen LogP) is 3.21. The third-order valence-electron chi connectivity index (χ3n) is 4.78. The molecule has 0 bridgehead atoms. The third-order valence-corrected chi connectivity index (χ3v) is 5.98. The van der Waals surface area contributed by atoms with Crippen LogP contribution < -0.4 is 5.32 Å². The van der Waals surface area contributed by atoms with Crippen molar-refractivity contribution in [2.24, 2.45) is 0 Å². The molecule has 2 heterocycles. The summed E-state index contributed by atoms with van der Waals surface area (Å²) in [5.74, 6) is -0.221. The molecule has 152 valence electrons. The second kappa shape index (κ2) is 9.86. The summed E-state index contributed by atoms with van der Waals surface area (Å²) >= 11 is 1.50. The number of hydrogen-bond acceptors (Lipinski definition) is 6. The fraction of sp³-hybridized carbons (Fsp3) is 0.500. The van der Waals surface area contributed by atoms with Crippen molar-refractivity contribution in [3.8, 4) is 0 Å². The number of anilines is 1. The Morgan fingerprint density at radius 3 is 2.54 bits per heavy atom. The predicted molar refractivity (Wildman–Crippen MR) is 107 cm³/mol. The maximum Gasteiger partial charge on any atom is 0.291 e. The molecule has 0 unspecified atom stereocenters. The van der Waals surface area contributed by atoms with Crippen molar-refractivity contribution in [1.29, 1.82) is 0 Å². The lowest BCUT2D eigenvalue weighted by Gasteiger charge is -2.23. The largest absolute Gasteiger partial charge is 0.459 e. The van der Waals surface area contributed by atoms with Gasteiger partial charge in [0.25, 0.3) is 11.8 Å². The average molecular weight is 407 g/mol. The van der Waals surface area contributed by atoms with Crippen LogP contribution in [0.15, 0.2) is 22.8 Å². The van der Waals surface area contributed by atoms with E-state index in [1.54, 1.807) is 31.3 Å². The van der Waals surface area contributed by atoms with E-state index in [1.165, 1.54) is 22.5 Å². The average Bonchev–Trinajstić information content (AvgIpc) is 3.35. The number of nitrogens with zero attached hydrogens (tertiary/aromatic N) is 1. The normalized spacial score (nSPS) is 13.2. The van der Waals surface area contributed by atoms with Crippen molar-refractivity contribution < 1.29 is 23.5 Å². The molecule has 1 N–H and O–H groups in total. The number of thiophene rings is 1. The van der Waals surface area contributed by atoms with Crippen LogP contribution in [0, 0.1) is 0 Å². The van der Waals surface area contributed by atoms with E-state index < -0.39 is 0 Å².